The summed E-state index contributed by atoms with van der Waals surface area (Å²) in [6, 6.07) is 18.8. The third kappa shape index (κ3) is 3.47. The Balaban J connectivity index is 1.62. The number of nitrogens with zero attached hydrogens (tertiary/aromatic N) is 2. The van der Waals surface area contributed by atoms with Gasteiger partial charge in [-0.2, -0.15) is 0 Å². The van der Waals surface area contributed by atoms with E-state index >= 15 is 0 Å². The lowest BCUT2D eigenvalue weighted by molar-refractivity contribution is -0.132. The van der Waals surface area contributed by atoms with Gasteiger partial charge in [-0.25, -0.2) is 0 Å². The van der Waals surface area contributed by atoms with Crippen LogP contribution in [0.2, 0.25) is 0 Å². The van der Waals surface area contributed by atoms with Gasteiger partial charge in [0.25, 0.3) is 0 Å². The molecule has 2 aromatic carbocycles. The first-order chi connectivity index (χ1) is 12.1. The van der Waals surface area contributed by atoms with E-state index in [0.29, 0.717) is 6.42 Å². The second-order valence-corrected chi connectivity index (χ2v) is 7.85. The van der Waals surface area contributed by atoms with Gasteiger partial charge < -0.3 is 9.80 Å². The van der Waals surface area contributed by atoms with Crippen molar-refractivity contribution in [2.24, 2.45) is 5.41 Å². The Morgan fingerprint density at radius 1 is 1.00 bits per heavy atom. The van der Waals surface area contributed by atoms with Gasteiger partial charge in [0.2, 0.25) is 5.91 Å². The highest BCUT2D eigenvalue weighted by atomic mass is 16.2. The Bertz CT molecular complexity index is 758. The van der Waals surface area contributed by atoms with Crippen LogP contribution in [-0.2, 0) is 24.2 Å². The Labute approximate surface area is 150 Å². The summed E-state index contributed by atoms with van der Waals surface area (Å²) in [4.78, 5) is 17.6. The van der Waals surface area contributed by atoms with E-state index in [1.54, 1.807) is 0 Å². The van der Waals surface area contributed by atoms with Crippen LogP contribution >= 0.6 is 0 Å². The summed E-state index contributed by atoms with van der Waals surface area (Å²) in [5.74, 6) is 0.247. The molecule has 3 heteroatoms. The van der Waals surface area contributed by atoms with Crippen molar-refractivity contribution in [3.8, 4) is 0 Å². The Kier molecular flexibility index (Phi) is 4.34. The smallest absolute Gasteiger partial charge is 0.227 e. The predicted octanol–water partition coefficient (Wildman–Crippen LogP) is 3.14. The number of hydrogen-bond donors (Lipinski definition) is 0. The van der Waals surface area contributed by atoms with Crippen LogP contribution in [0.3, 0.4) is 0 Å². The maximum Gasteiger partial charge on any atom is 0.227 e. The molecule has 25 heavy (non-hydrogen) atoms. The van der Waals surface area contributed by atoms with E-state index in [-0.39, 0.29) is 11.3 Å². The van der Waals surface area contributed by atoms with Gasteiger partial charge in [-0.05, 0) is 43.1 Å². The first-order valence-electron chi connectivity index (χ1n) is 9.21. The van der Waals surface area contributed by atoms with Crippen molar-refractivity contribution >= 4 is 5.91 Å². The van der Waals surface area contributed by atoms with Gasteiger partial charge in [-0.1, -0.05) is 54.6 Å². The fraction of sp³-hybridized carbons (Fsp3) is 0.409. The molecule has 1 fully saturated rings. The summed E-state index contributed by atoms with van der Waals surface area (Å²) < 4.78 is 0. The van der Waals surface area contributed by atoms with Crippen LogP contribution < -0.4 is 0 Å². The van der Waals surface area contributed by atoms with Crippen molar-refractivity contribution in [3.63, 3.8) is 0 Å². The molecule has 2 aromatic rings. The zero-order valence-electron chi connectivity index (χ0n) is 14.9. The number of carbonyl (C=O) groups excluding carboxylic acids is 1. The molecule has 130 valence electrons. The van der Waals surface area contributed by atoms with E-state index in [1.807, 2.05) is 30.3 Å². The molecule has 2 heterocycles. The number of amides is 1. The van der Waals surface area contributed by atoms with Crippen LogP contribution in [-0.4, -0.2) is 42.4 Å². The molecule has 1 spiro atoms. The first-order valence-corrected chi connectivity index (χ1v) is 9.21. The molecular formula is C22H26N2O. The second kappa shape index (κ2) is 6.64. The molecule has 1 saturated heterocycles. The van der Waals surface area contributed by atoms with Crippen LogP contribution in [0.1, 0.15) is 23.1 Å². The van der Waals surface area contributed by atoms with Crippen LogP contribution in [0.25, 0.3) is 0 Å². The van der Waals surface area contributed by atoms with Gasteiger partial charge in [-0.3, -0.25) is 4.79 Å². The molecule has 0 aliphatic carbocycles. The topological polar surface area (TPSA) is 23.6 Å². The fourth-order valence-corrected chi connectivity index (χ4v) is 4.50. The van der Waals surface area contributed by atoms with Gasteiger partial charge in [0, 0.05) is 25.0 Å². The summed E-state index contributed by atoms with van der Waals surface area (Å²) in [7, 11) is 2.20. The number of likely N-dealkylation sites (tertiary alicyclic amines) is 1. The summed E-state index contributed by atoms with van der Waals surface area (Å²) in [5.41, 5.74) is 4.04. The average Bonchev–Trinajstić information content (AvgIpc) is 2.88. The van der Waals surface area contributed by atoms with Gasteiger partial charge in [0.1, 0.15) is 0 Å². The van der Waals surface area contributed by atoms with Crippen molar-refractivity contribution < 1.29 is 4.79 Å². The third-order valence-electron chi connectivity index (χ3n) is 5.75. The standard InChI is InChI=1S/C22H26N2O/c1-23-12-11-22(16-23)14-19-9-5-6-10-20(19)15-24(17-22)21(25)13-18-7-3-2-4-8-18/h2-10H,11-17H2,1H3. The lowest BCUT2D eigenvalue weighted by atomic mass is 9.80. The molecule has 3 nitrogen and oxygen atoms in total. The third-order valence-corrected chi connectivity index (χ3v) is 5.75. The SMILES string of the molecule is CN1CCC2(Cc3ccccc3CN(C(=O)Cc3ccccc3)C2)C1. The molecule has 0 saturated carbocycles. The van der Waals surface area contributed by atoms with Gasteiger partial charge in [-0.15, -0.1) is 0 Å². The Morgan fingerprint density at radius 3 is 2.44 bits per heavy atom. The molecule has 4 rings (SSSR count). The van der Waals surface area contributed by atoms with Crippen molar-refractivity contribution in [2.45, 2.75) is 25.8 Å². The van der Waals surface area contributed by atoms with Crippen molar-refractivity contribution in [2.75, 3.05) is 26.7 Å². The van der Waals surface area contributed by atoms with E-state index in [2.05, 4.69) is 41.1 Å². The highest BCUT2D eigenvalue weighted by molar-refractivity contribution is 5.79. The molecule has 0 aromatic heterocycles. The minimum absolute atomic E-state index is 0.202. The van der Waals surface area contributed by atoms with Crippen LogP contribution in [0.5, 0.6) is 0 Å². The number of fused-ring (bicyclic) bond motifs is 1. The maximum atomic E-state index is 13.1. The monoisotopic (exact) mass is 334 g/mol. The lowest BCUT2D eigenvalue weighted by Crippen LogP contribution is -2.42. The fourth-order valence-electron chi connectivity index (χ4n) is 4.50. The van der Waals surface area contributed by atoms with Crippen molar-refractivity contribution in [3.05, 3.63) is 71.3 Å². The van der Waals surface area contributed by atoms with Crippen LogP contribution in [0.15, 0.2) is 54.6 Å². The van der Waals surface area contributed by atoms with E-state index in [4.69, 9.17) is 0 Å². The first kappa shape index (κ1) is 16.3. The molecule has 2 aliphatic heterocycles. The highest BCUT2D eigenvalue weighted by Gasteiger charge is 2.41. The van der Waals surface area contributed by atoms with Gasteiger partial charge in [0.05, 0.1) is 6.42 Å². The largest absolute Gasteiger partial charge is 0.337 e. The minimum atomic E-state index is 0.202. The number of benzene rings is 2. The maximum absolute atomic E-state index is 13.1. The molecular weight excluding hydrogens is 308 g/mol. The van der Waals surface area contributed by atoms with E-state index < -0.39 is 0 Å². The van der Waals surface area contributed by atoms with E-state index in [0.717, 1.165) is 38.2 Å². The predicted molar refractivity (Wildman–Crippen MR) is 100 cm³/mol. The number of hydrogen-bond acceptors (Lipinski definition) is 2. The molecule has 0 bridgehead atoms. The quantitative estimate of drug-likeness (QED) is 0.842. The van der Waals surface area contributed by atoms with Crippen molar-refractivity contribution in [1.82, 2.24) is 9.80 Å². The van der Waals surface area contributed by atoms with Crippen LogP contribution in [0.4, 0.5) is 0 Å². The summed E-state index contributed by atoms with van der Waals surface area (Å²) in [6.45, 7) is 3.82. The lowest BCUT2D eigenvalue weighted by Gasteiger charge is -2.33. The summed E-state index contributed by atoms with van der Waals surface area (Å²) in [6.07, 6.45) is 2.75. The number of rotatable bonds is 2. The normalized spacial score (nSPS) is 23.5. The second-order valence-electron chi connectivity index (χ2n) is 7.85. The molecule has 0 N–H and O–H groups in total. The van der Waals surface area contributed by atoms with E-state index in [9.17, 15) is 4.79 Å². The Morgan fingerprint density at radius 2 is 1.72 bits per heavy atom. The summed E-state index contributed by atoms with van der Waals surface area (Å²) in [5, 5.41) is 0. The molecule has 1 unspecified atom stereocenters. The molecule has 0 radical (unpaired) electrons. The van der Waals surface area contributed by atoms with E-state index in [1.165, 1.54) is 17.5 Å². The number of carbonyl (C=O) groups is 1. The zero-order chi connectivity index (χ0) is 17.3. The average molecular weight is 334 g/mol. The molecule has 1 amide bonds. The molecule has 1 atom stereocenters. The summed E-state index contributed by atoms with van der Waals surface area (Å²) >= 11 is 0. The minimum Gasteiger partial charge on any atom is -0.337 e. The highest BCUT2D eigenvalue weighted by Crippen LogP contribution is 2.38. The van der Waals surface area contributed by atoms with Gasteiger partial charge >= 0.3 is 0 Å². The van der Waals surface area contributed by atoms with Gasteiger partial charge in [0.15, 0.2) is 0 Å². The van der Waals surface area contributed by atoms with Crippen molar-refractivity contribution in [1.29, 1.82) is 0 Å². The van der Waals surface area contributed by atoms with Crippen LogP contribution in [0, 0.1) is 5.41 Å². The molecule has 2 aliphatic rings. The Hall–Kier alpha value is -2.13. The zero-order valence-corrected chi connectivity index (χ0v) is 14.9.